The van der Waals surface area contributed by atoms with Crippen molar-refractivity contribution in [3.8, 4) is 0 Å². The molecule has 2 aromatic heterocycles. The molecule has 0 bridgehead atoms. The molecule has 1 N–H and O–H groups in total. The van der Waals surface area contributed by atoms with Crippen LogP contribution in [-0.4, -0.2) is 48.1 Å². The number of para-hydroxylation sites is 1. The molecule has 8 heteroatoms. The molecule has 152 valence electrons. The molecule has 1 saturated heterocycles. The van der Waals surface area contributed by atoms with Crippen LogP contribution in [0, 0.1) is 0 Å². The van der Waals surface area contributed by atoms with E-state index in [-0.39, 0.29) is 16.8 Å². The van der Waals surface area contributed by atoms with Gasteiger partial charge in [0.1, 0.15) is 0 Å². The van der Waals surface area contributed by atoms with E-state index in [2.05, 4.69) is 11.1 Å². The number of carbonyl (C=O) groups excluding carboxylic acids is 1. The summed E-state index contributed by atoms with van der Waals surface area (Å²) < 4.78 is 32.5. The number of fused-ring (bicyclic) bond motifs is 3. The number of aromatic amines is 1. The van der Waals surface area contributed by atoms with Gasteiger partial charge in [0.15, 0.2) is 5.76 Å². The van der Waals surface area contributed by atoms with E-state index in [0.29, 0.717) is 26.2 Å². The molecule has 0 atom stereocenters. The highest BCUT2D eigenvalue weighted by Crippen LogP contribution is 2.29. The predicted octanol–water partition coefficient (Wildman–Crippen LogP) is 3.13. The third kappa shape index (κ3) is 3.16. The zero-order chi connectivity index (χ0) is 20.0. The third-order valence-corrected chi connectivity index (χ3v) is 7.64. The second kappa shape index (κ2) is 7.03. The summed E-state index contributed by atoms with van der Waals surface area (Å²) in [5.74, 6) is -0.204. The van der Waals surface area contributed by atoms with Crippen LogP contribution in [0.5, 0.6) is 0 Å². The molecule has 0 spiro atoms. The first-order chi connectivity index (χ1) is 14.0. The summed E-state index contributed by atoms with van der Waals surface area (Å²) in [7, 11) is -3.68. The largest absolute Gasteiger partial charge is 0.438 e. The van der Waals surface area contributed by atoms with E-state index in [9.17, 15) is 13.2 Å². The molecule has 2 aliphatic heterocycles. The Balaban J connectivity index is 1.38. The smallest absolute Gasteiger partial charge is 0.289 e. The fourth-order valence-electron chi connectivity index (χ4n) is 4.30. The summed E-state index contributed by atoms with van der Waals surface area (Å²) in [6.45, 7) is 2.05. The number of piperidine rings is 1. The minimum absolute atomic E-state index is 0.0730. The lowest BCUT2D eigenvalue weighted by Gasteiger charge is -2.26. The quantitative estimate of drug-likeness (QED) is 0.715. The van der Waals surface area contributed by atoms with Crippen LogP contribution >= 0.6 is 0 Å². The molecular formula is C21H23N3O4S. The van der Waals surface area contributed by atoms with Crippen molar-refractivity contribution in [2.75, 3.05) is 19.6 Å². The highest BCUT2D eigenvalue weighted by Gasteiger charge is 2.31. The van der Waals surface area contributed by atoms with Gasteiger partial charge < -0.3 is 14.3 Å². The summed E-state index contributed by atoms with van der Waals surface area (Å²) in [6, 6.07) is 10.9. The third-order valence-electron chi connectivity index (χ3n) is 5.87. The maximum Gasteiger partial charge on any atom is 0.289 e. The van der Waals surface area contributed by atoms with Crippen molar-refractivity contribution in [3.05, 3.63) is 53.4 Å². The molecule has 0 radical (unpaired) electrons. The van der Waals surface area contributed by atoms with Crippen molar-refractivity contribution in [2.24, 2.45) is 0 Å². The minimum Gasteiger partial charge on any atom is -0.438 e. The number of benzene rings is 1. The SMILES string of the molecule is O=C(c1ccc(S(=O)(=O)N2CCCCC2)o1)N1CCc2[nH]c3ccccc3c2C1. The number of carbonyl (C=O) groups is 1. The normalized spacial score (nSPS) is 18.1. The van der Waals surface area contributed by atoms with Crippen LogP contribution in [0.4, 0.5) is 0 Å². The summed E-state index contributed by atoms with van der Waals surface area (Å²) in [5, 5.41) is 0.973. The summed E-state index contributed by atoms with van der Waals surface area (Å²) in [6.07, 6.45) is 3.48. The number of furan rings is 1. The molecule has 0 unspecified atom stereocenters. The van der Waals surface area contributed by atoms with Crippen molar-refractivity contribution in [2.45, 2.75) is 37.3 Å². The van der Waals surface area contributed by atoms with Gasteiger partial charge in [-0.3, -0.25) is 4.79 Å². The van der Waals surface area contributed by atoms with Crippen LogP contribution in [0.3, 0.4) is 0 Å². The maximum absolute atomic E-state index is 13.0. The standard InChI is InChI=1S/C21H23N3O4S/c25-21(19-8-9-20(28-19)29(26,27)24-11-4-1-5-12-24)23-13-10-18-16(14-23)15-6-2-3-7-17(15)22-18/h2-3,6-9,22H,1,4-5,10-14H2. The van der Waals surface area contributed by atoms with Crippen molar-refractivity contribution in [1.82, 2.24) is 14.2 Å². The lowest BCUT2D eigenvalue weighted by molar-refractivity contribution is 0.0696. The molecule has 5 rings (SSSR count). The lowest BCUT2D eigenvalue weighted by Crippen LogP contribution is -2.36. The first-order valence-electron chi connectivity index (χ1n) is 10.0. The molecule has 2 aliphatic rings. The molecule has 7 nitrogen and oxygen atoms in total. The van der Waals surface area contributed by atoms with E-state index >= 15 is 0 Å². The molecule has 1 aromatic carbocycles. The maximum atomic E-state index is 13.0. The van der Waals surface area contributed by atoms with Gasteiger partial charge in [0.05, 0.1) is 0 Å². The average molecular weight is 413 g/mol. The zero-order valence-corrected chi connectivity index (χ0v) is 16.9. The molecule has 3 aromatic rings. The van der Waals surface area contributed by atoms with E-state index in [4.69, 9.17) is 4.42 Å². The van der Waals surface area contributed by atoms with Gasteiger partial charge in [-0.25, -0.2) is 8.42 Å². The van der Waals surface area contributed by atoms with Gasteiger partial charge in [-0.2, -0.15) is 4.31 Å². The minimum atomic E-state index is -3.68. The Hall–Kier alpha value is -2.58. The Labute approximate surface area is 169 Å². The van der Waals surface area contributed by atoms with Crippen molar-refractivity contribution in [1.29, 1.82) is 0 Å². The second-order valence-electron chi connectivity index (χ2n) is 7.69. The summed E-state index contributed by atoms with van der Waals surface area (Å²) >= 11 is 0. The number of nitrogens with one attached hydrogen (secondary N) is 1. The van der Waals surface area contributed by atoms with Crippen molar-refractivity contribution >= 4 is 26.8 Å². The van der Waals surface area contributed by atoms with Gasteiger partial charge in [-0.15, -0.1) is 0 Å². The van der Waals surface area contributed by atoms with Crippen molar-refractivity contribution in [3.63, 3.8) is 0 Å². The molecule has 29 heavy (non-hydrogen) atoms. The van der Waals surface area contributed by atoms with E-state index in [1.807, 2.05) is 18.2 Å². The fourth-order valence-corrected chi connectivity index (χ4v) is 5.73. The monoisotopic (exact) mass is 413 g/mol. The number of hydrogen-bond acceptors (Lipinski definition) is 4. The highest BCUT2D eigenvalue weighted by molar-refractivity contribution is 7.89. The van der Waals surface area contributed by atoms with E-state index < -0.39 is 10.0 Å². The van der Waals surface area contributed by atoms with Gasteiger partial charge in [-0.05, 0) is 31.0 Å². The van der Waals surface area contributed by atoms with Gasteiger partial charge in [0.2, 0.25) is 5.09 Å². The molecule has 0 aliphatic carbocycles. The first-order valence-corrected chi connectivity index (χ1v) is 11.5. The van der Waals surface area contributed by atoms with Crippen LogP contribution in [-0.2, 0) is 23.0 Å². The Morgan fingerprint density at radius 1 is 1.00 bits per heavy atom. The number of amides is 1. The van der Waals surface area contributed by atoms with E-state index in [1.165, 1.54) is 16.4 Å². The van der Waals surface area contributed by atoms with Crippen LogP contribution < -0.4 is 0 Å². The number of aromatic nitrogens is 1. The number of rotatable bonds is 3. The zero-order valence-electron chi connectivity index (χ0n) is 16.1. The number of H-pyrrole nitrogens is 1. The van der Waals surface area contributed by atoms with Gasteiger partial charge in [0, 0.05) is 54.8 Å². The molecule has 1 amide bonds. The molecular weight excluding hydrogens is 390 g/mol. The Morgan fingerprint density at radius 2 is 1.79 bits per heavy atom. The van der Waals surface area contributed by atoms with Crippen LogP contribution in [0.2, 0.25) is 0 Å². The van der Waals surface area contributed by atoms with E-state index in [1.54, 1.807) is 4.90 Å². The molecule has 4 heterocycles. The Bertz CT molecular complexity index is 1170. The topological polar surface area (TPSA) is 86.6 Å². The second-order valence-corrected chi connectivity index (χ2v) is 9.56. The van der Waals surface area contributed by atoms with Crippen molar-refractivity contribution < 1.29 is 17.6 Å². The van der Waals surface area contributed by atoms with E-state index in [0.717, 1.165) is 47.8 Å². The molecule has 0 saturated carbocycles. The van der Waals surface area contributed by atoms with Crippen LogP contribution in [0.15, 0.2) is 45.9 Å². The fraction of sp³-hybridized carbons (Fsp3) is 0.381. The summed E-state index contributed by atoms with van der Waals surface area (Å²) in [5.41, 5.74) is 3.34. The Kier molecular flexibility index (Phi) is 4.48. The average Bonchev–Trinajstić information content (AvgIpc) is 3.39. The van der Waals surface area contributed by atoms with Gasteiger partial charge in [-0.1, -0.05) is 24.6 Å². The molecule has 1 fully saturated rings. The Morgan fingerprint density at radius 3 is 2.62 bits per heavy atom. The first kappa shape index (κ1) is 18.4. The summed E-state index contributed by atoms with van der Waals surface area (Å²) in [4.78, 5) is 18.1. The van der Waals surface area contributed by atoms with Gasteiger partial charge in [0.25, 0.3) is 15.9 Å². The number of nitrogens with zero attached hydrogens (tertiary/aromatic N) is 2. The lowest BCUT2D eigenvalue weighted by atomic mass is 10.0. The predicted molar refractivity (Wildman–Crippen MR) is 108 cm³/mol. The highest BCUT2D eigenvalue weighted by atomic mass is 32.2. The van der Waals surface area contributed by atoms with Gasteiger partial charge >= 0.3 is 0 Å². The van der Waals surface area contributed by atoms with Crippen LogP contribution in [0.25, 0.3) is 10.9 Å². The van der Waals surface area contributed by atoms with Crippen LogP contribution in [0.1, 0.15) is 41.1 Å². The number of hydrogen-bond donors (Lipinski definition) is 1. The number of sulfonamides is 1.